The van der Waals surface area contributed by atoms with Gasteiger partial charge in [0.05, 0.1) is 24.8 Å². The molecule has 31 heavy (non-hydrogen) atoms. The molecule has 1 heterocycles. The van der Waals surface area contributed by atoms with Gasteiger partial charge in [-0.2, -0.15) is 0 Å². The number of pyridine rings is 1. The normalized spacial score (nSPS) is 14.8. The first kappa shape index (κ1) is 21.5. The number of aromatic hydroxyl groups is 1. The predicted molar refractivity (Wildman–Crippen MR) is 118 cm³/mol. The lowest BCUT2D eigenvalue weighted by Gasteiger charge is -2.18. The van der Waals surface area contributed by atoms with Gasteiger partial charge in [-0.1, -0.05) is 18.2 Å². The van der Waals surface area contributed by atoms with Crippen LogP contribution in [0.1, 0.15) is 33.9 Å². The smallest absolute Gasteiger partial charge is 0.248 e. The number of aliphatic hydroxyl groups is 1. The molecule has 0 bridgehead atoms. The maximum Gasteiger partial charge on any atom is 0.248 e. The van der Waals surface area contributed by atoms with Gasteiger partial charge in [0.2, 0.25) is 5.56 Å². The summed E-state index contributed by atoms with van der Waals surface area (Å²) in [6.07, 6.45) is 0.997. The minimum absolute atomic E-state index is 0.0124. The van der Waals surface area contributed by atoms with E-state index in [0.717, 1.165) is 24.0 Å². The van der Waals surface area contributed by atoms with E-state index in [9.17, 15) is 15.0 Å². The van der Waals surface area contributed by atoms with Crippen molar-refractivity contribution in [2.24, 2.45) is 0 Å². The Labute approximate surface area is 180 Å². The number of hydrogen-bond acceptors (Lipinski definition) is 6. The van der Waals surface area contributed by atoms with Crippen molar-refractivity contribution in [3.63, 3.8) is 0 Å². The molecule has 0 spiro atoms. The van der Waals surface area contributed by atoms with E-state index in [4.69, 9.17) is 9.47 Å². The average Bonchev–Trinajstić information content (AvgIpc) is 3.15. The Hall–Kier alpha value is -2.71. The first-order valence-electron chi connectivity index (χ1n) is 10.4. The van der Waals surface area contributed by atoms with Crippen molar-refractivity contribution in [1.82, 2.24) is 10.3 Å². The summed E-state index contributed by atoms with van der Waals surface area (Å²) in [4.78, 5) is 14.2. The Bertz CT molecular complexity index is 1110. The second-order valence-electron chi connectivity index (χ2n) is 8.07. The number of benzene rings is 2. The van der Waals surface area contributed by atoms with Crippen LogP contribution in [-0.2, 0) is 35.5 Å². The van der Waals surface area contributed by atoms with Gasteiger partial charge in [-0.25, -0.2) is 0 Å². The van der Waals surface area contributed by atoms with Gasteiger partial charge in [-0.05, 0) is 52.8 Å². The highest BCUT2D eigenvalue weighted by Crippen LogP contribution is 2.30. The summed E-state index contributed by atoms with van der Waals surface area (Å²) in [7, 11) is 3.39. The minimum atomic E-state index is -0.772. The number of H-pyrrole nitrogens is 1. The number of aromatic amines is 1. The molecule has 0 saturated carbocycles. The quantitative estimate of drug-likeness (QED) is 0.443. The summed E-state index contributed by atoms with van der Waals surface area (Å²) in [5.74, 6) is -0.0124. The molecule has 0 aliphatic heterocycles. The summed E-state index contributed by atoms with van der Waals surface area (Å²) in [6.45, 7) is 1.48. The van der Waals surface area contributed by atoms with E-state index in [1.54, 1.807) is 26.4 Å². The van der Waals surface area contributed by atoms with Crippen LogP contribution >= 0.6 is 0 Å². The van der Waals surface area contributed by atoms with E-state index < -0.39 is 6.10 Å². The summed E-state index contributed by atoms with van der Waals surface area (Å²) in [5, 5.41) is 25.0. The van der Waals surface area contributed by atoms with Crippen molar-refractivity contribution in [2.45, 2.75) is 38.2 Å². The summed E-state index contributed by atoms with van der Waals surface area (Å²) >= 11 is 0. The zero-order valence-electron chi connectivity index (χ0n) is 17.8. The zero-order valence-corrected chi connectivity index (χ0v) is 17.8. The molecule has 2 aromatic carbocycles. The van der Waals surface area contributed by atoms with E-state index in [-0.39, 0.29) is 17.4 Å². The fraction of sp³-hybridized carbons (Fsp3) is 0.375. The molecule has 4 rings (SSSR count). The van der Waals surface area contributed by atoms with E-state index in [2.05, 4.69) is 22.4 Å². The topological polar surface area (TPSA) is 104 Å². The third-order valence-corrected chi connectivity index (χ3v) is 5.92. The third kappa shape index (κ3) is 4.50. The van der Waals surface area contributed by atoms with Gasteiger partial charge in [0.1, 0.15) is 5.75 Å². The number of aliphatic hydroxyl groups excluding tert-OH is 1. The first-order valence-corrected chi connectivity index (χ1v) is 10.4. The summed E-state index contributed by atoms with van der Waals surface area (Å²) < 4.78 is 10.7. The van der Waals surface area contributed by atoms with Crippen molar-refractivity contribution in [2.75, 3.05) is 20.8 Å². The van der Waals surface area contributed by atoms with E-state index in [1.165, 1.54) is 23.3 Å². The van der Waals surface area contributed by atoms with Crippen molar-refractivity contribution >= 4 is 10.9 Å². The lowest BCUT2D eigenvalue weighted by atomic mass is 10.0. The number of methoxy groups -OCH3 is 2. The van der Waals surface area contributed by atoms with E-state index in [1.807, 2.05) is 0 Å². The molecule has 1 unspecified atom stereocenters. The zero-order chi connectivity index (χ0) is 22.0. The second-order valence-corrected chi connectivity index (χ2v) is 8.07. The van der Waals surface area contributed by atoms with Gasteiger partial charge in [0.25, 0.3) is 0 Å². The van der Waals surface area contributed by atoms with Crippen LogP contribution in [0.2, 0.25) is 0 Å². The van der Waals surface area contributed by atoms with Crippen LogP contribution in [0.5, 0.6) is 5.75 Å². The van der Waals surface area contributed by atoms with Crippen LogP contribution in [0.3, 0.4) is 0 Å². The van der Waals surface area contributed by atoms with Gasteiger partial charge in [0.15, 0.2) is 0 Å². The number of hydrogen-bond donors (Lipinski definition) is 4. The summed E-state index contributed by atoms with van der Waals surface area (Å²) in [5.41, 5.74) is 5.60. The molecule has 0 saturated heterocycles. The molecule has 0 fully saturated rings. The van der Waals surface area contributed by atoms with Crippen LogP contribution in [0, 0.1) is 0 Å². The highest BCUT2D eigenvalue weighted by molar-refractivity contribution is 5.87. The number of aromatic nitrogens is 1. The molecule has 4 N–H and O–H groups in total. The molecule has 164 valence electrons. The molecule has 1 aromatic heterocycles. The number of phenols is 1. The highest BCUT2D eigenvalue weighted by atomic mass is 16.5. The number of nitrogens with one attached hydrogen (secondary N) is 2. The molecule has 1 aliphatic rings. The van der Waals surface area contributed by atoms with Crippen molar-refractivity contribution < 1.29 is 19.7 Å². The fourth-order valence-corrected chi connectivity index (χ4v) is 4.44. The number of fused-ring (bicyclic) bond motifs is 2. The highest BCUT2D eigenvalue weighted by Gasteiger charge is 2.24. The standard InChI is InChI=1S/C24H28N2O5/c1-30-12-16-7-14-9-18(10-15(14)8-17(16)13-31-2)25-11-22(28)19-3-5-21(27)24-20(19)4-6-23(29)26-24/h3-8,18,22,25,27-28H,9-13H2,1-2H3,(H,26,29). The van der Waals surface area contributed by atoms with Gasteiger partial charge < -0.3 is 30.0 Å². The molecular formula is C24H28N2O5. The summed E-state index contributed by atoms with van der Waals surface area (Å²) in [6, 6.07) is 10.8. The van der Waals surface area contributed by atoms with Gasteiger partial charge in [-0.15, -0.1) is 0 Å². The van der Waals surface area contributed by atoms with E-state index >= 15 is 0 Å². The van der Waals surface area contributed by atoms with Crippen molar-refractivity contribution in [1.29, 1.82) is 0 Å². The van der Waals surface area contributed by atoms with Gasteiger partial charge >= 0.3 is 0 Å². The molecule has 1 atom stereocenters. The minimum Gasteiger partial charge on any atom is -0.506 e. The van der Waals surface area contributed by atoms with Crippen LogP contribution in [-0.4, -0.2) is 42.0 Å². The molecular weight excluding hydrogens is 396 g/mol. The molecule has 1 aliphatic carbocycles. The Kier molecular flexibility index (Phi) is 6.38. The van der Waals surface area contributed by atoms with Crippen LogP contribution in [0.4, 0.5) is 0 Å². The molecule has 7 heteroatoms. The lowest BCUT2D eigenvalue weighted by Crippen LogP contribution is -2.33. The second kappa shape index (κ2) is 9.20. The molecule has 0 radical (unpaired) electrons. The molecule has 7 nitrogen and oxygen atoms in total. The maximum absolute atomic E-state index is 11.6. The number of rotatable bonds is 8. The van der Waals surface area contributed by atoms with Crippen LogP contribution in [0.15, 0.2) is 41.2 Å². The number of ether oxygens (including phenoxy) is 2. The molecule has 3 aromatic rings. The largest absolute Gasteiger partial charge is 0.506 e. The Morgan fingerprint density at radius 2 is 1.71 bits per heavy atom. The van der Waals surface area contributed by atoms with Gasteiger partial charge in [0, 0.05) is 38.3 Å². The van der Waals surface area contributed by atoms with Crippen molar-refractivity contribution in [3.8, 4) is 5.75 Å². The van der Waals surface area contributed by atoms with Gasteiger partial charge in [-0.3, -0.25) is 4.79 Å². The number of phenolic OH excluding ortho intramolecular Hbond substituents is 1. The Morgan fingerprint density at radius 3 is 2.32 bits per heavy atom. The third-order valence-electron chi connectivity index (χ3n) is 5.92. The van der Waals surface area contributed by atoms with Crippen LogP contribution < -0.4 is 10.9 Å². The first-order chi connectivity index (χ1) is 15.0. The predicted octanol–water partition coefficient (Wildman–Crippen LogP) is 2.32. The van der Waals surface area contributed by atoms with E-state index in [0.29, 0.717) is 36.2 Å². The van der Waals surface area contributed by atoms with Crippen molar-refractivity contribution in [3.05, 3.63) is 74.6 Å². The molecule has 0 amide bonds. The fourth-order valence-electron chi connectivity index (χ4n) is 4.44. The Morgan fingerprint density at radius 1 is 1.06 bits per heavy atom. The van der Waals surface area contributed by atoms with Crippen LogP contribution in [0.25, 0.3) is 10.9 Å². The monoisotopic (exact) mass is 424 g/mol. The average molecular weight is 424 g/mol. The lowest BCUT2D eigenvalue weighted by molar-refractivity contribution is 0.168. The Balaban J connectivity index is 1.47. The SMILES string of the molecule is COCc1cc2c(cc1COC)CC(NCC(O)c1ccc(O)c3[nH]c(=O)ccc13)C2. The maximum atomic E-state index is 11.6.